The number of rotatable bonds is 6. The predicted octanol–water partition coefficient (Wildman–Crippen LogP) is 3.35. The van der Waals surface area contributed by atoms with Crippen LogP contribution >= 0.6 is 11.6 Å². The Labute approximate surface area is 119 Å². The molecule has 0 aliphatic carbocycles. The Kier molecular flexibility index (Phi) is 6.67. The number of halogens is 1. The number of benzene rings is 1. The third kappa shape index (κ3) is 4.73. The minimum Gasteiger partial charge on any atom is -0.395 e. The highest BCUT2D eigenvalue weighted by Crippen LogP contribution is 2.15. The van der Waals surface area contributed by atoms with Crippen LogP contribution in [-0.2, 0) is 0 Å². The molecule has 106 valence electrons. The summed E-state index contributed by atoms with van der Waals surface area (Å²) in [5, 5.41) is 12.5. The van der Waals surface area contributed by atoms with E-state index >= 15 is 0 Å². The van der Waals surface area contributed by atoms with Crippen molar-refractivity contribution >= 4 is 23.3 Å². The molecule has 0 aliphatic heterocycles. The van der Waals surface area contributed by atoms with Crippen molar-refractivity contribution in [1.82, 2.24) is 4.90 Å². The standard InChI is InChI=1S/C14H21ClN2O2/c1-3-13(4-2)17(9-10-18)14(19)16-12-7-5-11(15)6-8-12/h5-8,13,18H,3-4,9-10H2,1-2H3,(H,16,19). The van der Waals surface area contributed by atoms with E-state index in [9.17, 15) is 4.79 Å². The largest absolute Gasteiger partial charge is 0.395 e. The number of hydrogen-bond acceptors (Lipinski definition) is 2. The Morgan fingerprint density at radius 1 is 1.32 bits per heavy atom. The van der Waals surface area contributed by atoms with Gasteiger partial charge in [-0.05, 0) is 37.1 Å². The number of carbonyl (C=O) groups is 1. The minimum atomic E-state index is -0.190. The average Bonchev–Trinajstić information content (AvgIpc) is 2.41. The zero-order valence-corrected chi connectivity index (χ0v) is 12.2. The second kappa shape index (κ2) is 8.02. The van der Waals surface area contributed by atoms with Crippen molar-refractivity contribution in [3.05, 3.63) is 29.3 Å². The molecule has 0 aromatic heterocycles. The van der Waals surface area contributed by atoms with Crippen molar-refractivity contribution < 1.29 is 9.90 Å². The smallest absolute Gasteiger partial charge is 0.322 e. The molecule has 0 bridgehead atoms. The van der Waals surface area contributed by atoms with Gasteiger partial charge in [-0.3, -0.25) is 0 Å². The van der Waals surface area contributed by atoms with Gasteiger partial charge in [0.2, 0.25) is 0 Å². The first-order valence-corrected chi connectivity index (χ1v) is 6.94. The topological polar surface area (TPSA) is 52.6 Å². The van der Waals surface area contributed by atoms with Gasteiger partial charge in [-0.25, -0.2) is 4.79 Å². The van der Waals surface area contributed by atoms with Crippen LogP contribution in [0.25, 0.3) is 0 Å². The van der Waals surface area contributed by atoms with Crippen LogP contribution < -0.4 is 5.32 Å². The first-order valence-electron chi connectivity index (χ1n) is 6.56. The molecule has 0 radical (unpaired) electrons. The Hall–Kier alpha value is -1.26. The van der Waals surface area contributed by atoms with Crippen molar-refractivity contribution in [3.8, 4) is 0 Å². The summed E-state index contributed by atoms with van der Waals surface area (Å²) in [6, 6.07) is 6.91. The van der Waals surface area contributed by atoms with Crippen LogP contribution in [0.4, 0.5) is 10.5 Å². The maximum absolute atomic E-state index is 12.2. The SMILES string of the molecule is CCC(CC)N(CCO)C(=O)Nc1ccc(Cl)cc1. The number of urea groups is 1. The summed E-state index contributed by atoms with van der Waals surface area (Å²) in [4.78, 5) is 13.9. The predicted molar refractivity (Wildman–Crippen MR) is 78.6 cm³/mol. The molecule has 0 heterocycles. The quantitative estimate of drug-likeness (QED) is 0.842. The fourth-order valence-electron chi connectivity index (χ4n) is 2.02. The average molecular weight is 285 g/mol. The van der Waals surface area contributed by atoms with Crippen LogP contribution in [0.1, 0.15) is 26.7 Å². The highest BCUT2D eigenvalue weighted by molar-refractivity contribution is 6.30. The van der Waals surface area contributed by atoms with E-state index in [1.54, 1.807) is 29.2 Å². The third-order valence-corrected chi connectivity index (χ3v) is 3.33. The monoisotopic (exact) mass is 284 g/mol. The molecule has 2 amide bonds. The molecule has 2 N–H and O–H groups in total. The molecule has 1 rings (SSSR count). The van der Waals surface area contributed by atoms with Gasteiger partial charge in [0, 0.05) is 23.3 Å². The van der Waals surface area contributed by atoms with E-state index in [1.165, 1.54) is 0 Å². The van der Waals surface area contributed by atoms with Gasteiger partial charge < -0.3 is 15.3 Å². The van der Waals surface area contributed by atoms with Crippen molar-refractivity contribution in [2.45, 2.75) is 32.7 Å². The summed E-state index contributed by atoms with van der Waals surface area (Å²) in [7, 11) is 0. The summed E-state index contributed by atoms with van der Waals surface area (Å²) in [5.74, 6) is 0. The molecule has 0 saturated carbocycles. The van der Waals surface area contributed by atoms with Crippen LogP contribution in [0.2, 0.25) is 5.02 Å². The molecule has 0 unspecified atom stereocenters. The van der Waals surface area contributed by atoms with Crippen molar-refractivity contribution in [2.75, 3.05) is 18.5 Å². The van der Waals surface area contributed by atoms with Gasteiger partial charge >= 0.3 is 6.03 Å². The summed E-state index contributed by atoms with van der Waals surface area (Å²) in [6.07, 6.45) is 1.73. The number of anilines is 1. The molecule has 0 atom stereocenters. The molecule has 4 nitrogen and oxygen atoms in total. The number of hydrogen-bond donors (Lipinski definition) is 2. The maximum atomic E-state index is 12.2. The van der Waals surface area contributed by atoms with Gasteiger partial charge in [0.1, 0.15) is 0 Å². The highest BCUT2D eigenvalue weighted by Gasteiger charge is 2.20. The second-order valence-electron chi connectivity index (χ2n) is 4.32. The molecule has 0 aliphatic rings. The Balaban J connectivity index is 2.73. The first-order chi connectivity index (χ1) is 9.12. The van der Waals surface area contributed by atoms with E-state index < -0.39 is 0 Å². The van der Waals surface area contributed by atoms with Gasteiger partial charge in [-0.1, -0.05) is 25.4 Å². The Bertz CT molecular complexity index is 391. The third-order valence-electron chi connectivity index (χ3n) is 3.08. The molecular formula is C14H21ClN2O2. The van der Waals surface area contributed by atoms with E-state index in [0.717, 1.165) is 12.8 Å². The number of nitrogens with one attached hydrogen (secondary N) is 1. The van der Waals surface area contributed by atoms with E-state index in [-0.39, 0.29) is 18.7 Å². The zero-order valence-electron chi connectivity index (χ0n) is 11.4. The lowest BCUT2D eigenvalue weighted by Gasteiger charge is -2.30. The molecule has 19 heavy (non-hydrogen) atoms. The maximum Gasteiger partial charge on any atom is 0.322 e. The van der Waals surface area contributed by atoms with Crippen molar-refractivity contribution in [1.29, 1.82) is 0 Å². The van der Waals surface area contributed by atoms with E-state index in [1.807, 2.05) is 13.8 Å². The van der Waals surface area contributed by atoms with Crippen molar-refractivity contribution in [2.24, 2.45) is 0 Å². The van der Waals surface area contributed by atoms with Crippen molar-refractivity contribution in [3.63, 3.8) is 0 Å². The number of aliphatic hydroxyl groups excluding tert-OH is 1. The normalized spacial score (nSPS) is 10.6. The second-order valence-corrected chi connectivity index (χ2v) is 4.76. The molecule has 0 fully saturated rings. The van der Waals surface area contributed by atoms with Gasteiger partial charge in [-0.15, -0.1) is 0 Å². The summed E-state index contributed by atoms with van der Waals surface area (Å²) in [5.41, 5.74) is 0.697. The fourth-order valence-corrected chi connectivity index (χ4v) is 2.14. The molecular weight excluding hydrogens is 264 g/mol. The van der Waals surface area contributed by atoms with Gasteiger partial charge in [0.25, 0.3) is 0 Å². The number of amides is 2. The molecule has 1 aromatic carbocycles. The Morgan fingerprint density at radius 2 is 1.89 bits per heavy atom. The van der Waals surface area contributed by atoms with Gasteiger partial charge in [0.15, 0.2) is 0 Å². The van der Waals surface area contributed by atoms with Gasteiger partial charge in [0.05, 0.1) is 6.61 Å². The van der Waals surface area contributed by atoms with Crippen LogP contribution in [0, 0.1) is 0 Å². The van der Waals surface area contributed by atoms with Crippen LogP contribution in [-0.4, -0.2) is 35.2 Å². The molecule has 1 aromatic rings. The lowest BCUT2D eigenvalue weighted by atomic mass is 10.1. The summed E-state index contributed by atoms with van der Waals surface area (Å²) >= 11 is 5.80. The molecule has 0 spiro atoms. The van der Waals surface area contributed by atoms with E-state index in [0.29, 0.717) is 17.3 Å². The zero-order chi connectivity index (χ0) is 14.3. The van der Waals surface area contributed by atoms with Crippen LogP contribution in [0.3, 0.4) is 0 Å². The fraction of sp³-hybridized carbons (Fsp3) is 0.500. The van der Waals surface area contributed by atoms with Gasteiger partial charge in [-0.2, -0.15) is 0 Å². The minimum absolute atomic E-state index is 0.0372. The number of nitrogens with zero attached hydrogens (tertiary/aromatic N) is 1. The summed E-state index contributed by atoms with van der Waals surface area (Å²) in [6.45, 7) is 4.37. The number of carbonyl (C=O) groups excluding carboxylic acids is 1. The lowest BCUT2D eigenvalue weighted by molar-refractivity contribution is 0.158. The van der Waals surface area contributed by atoms with Crippen LogP contribution in [0.5, 0.6) is 0 Å². The van der Waals surface area contributed by atoms with Crippen LogP contribution in [0.15, 0.2) is 24.3 Å². The highest BCUT2D eigenvalue weighted by atomic mass is 35.5. The van der Waals surface area contributed by atoms with E-state index in [4.69, 9.17) is 16.7 Å². The summed E-state index contributed by atoms with van der Waals surface area (Å²) < 4.78 is 0. The lowest BCUT2D eigenvalue weighted by Crippen LogP contribution is -2.44. The molecule has 5 heteroatoms. The first kappa shape index (κ1) is 15.8. The Morgan fingerprint density at radius 3 is 2.37 bits per heavy atom. The number of aliphatic hydroxyl groups is 1. The molecule has 0 saturated heterocycles. The van der Waals surface area contributed by atoms with E-state index in [2.05, 4.69) is 5.32 Å².